The van der Waals surface area contributed by atoms with Gasteiger partial charge < -0.3 is 14.0 Å². The van der Waals surface area contributed by atoms with Crippen molar-refractivity contribution in [1.82, 2.24) is 14.5 Å². The zero-order chi connectivity index (χ0) is 15.7. The van der Waals surface area contributed by atoms with Gasteiger partial charge >= 0.3 is 0 Å². The van der Waals surface area contributed by atoms with Crippen LogP contribution in [0.15, 0.2) is 12.4 Å². The van der Waals surface area contributed by atoms with Gasteiger partial charge in [0.15, 0.2) is 6.29 Å². The van der Waals surface area contributed by atoms with Crippen molar-refractivity contribution < 1.29 is 9.47 Å². The van der Waals surface area contributed by atoms with E-state index in [1.54, 1.807) is 6.20 Å². The second kappa shape index (κ2) is 6.14. The van der Waals surface area contributed by atoms with E-state index in [4.69, 9.17) is 21.1 Å². The summed E-state index contributed by atoms with van der Waals surface area (Å²) in [6.45, 7) is 7.66. The van der Waals surface area contributed by atoms with Crippen molar-refractivity contribution in [2.24, 2.45) is 0 Å². The first-order valence-electron chi connectivity index (χ1n) is 7.71. The summed E-state index contributed by atoms with van der Waals surface area (Å²) in [5, 5.41) is 1.28. The number of aryl methyl sites for hydroxylation is 1. The SMILES string of the molecule is Cc1cn(C(C)(C)COC2CCCCO2)c2nc(Cl)ncc12. The maximum atomic E-state index is 5.97. The molecule has 22 heavy (non-hydrogen) atoms. The van der Waals surface area contributed by atoms with Crippen LogP contribution in [0.1, 0.15) is 38.7 Å². The molecule has 1 fully saturated rings. The molecule has 0 saturated carbocycles. The van der Waals surface area contributed by atoms with Crippen LogP contribution >= 0.6 is 11.6 Å². The maximum absolute atomic E-state index is 5.97. The van der Waals surface area contributed by atoms with Crippen LogP contribution in [-0.2, 0) is 15.0 Å². The summed E-state index contributed by atoms with van der Waals surface area (Å²) in [6, 6.07) is 0. The first kappa shape index (κ1) is 15.7. The lowest BCUT2D eigenvalue weighted by molar-refractivity contribution is -0.174. The molecule has 2 aromatic rings. The molecule has 0 amide bonds. The van der Waals surface area contributed by atoms with Crippen LogP contribution in [0, 0.1) is 6.92 Å². The van der Waals surface area contributed by atoms with Crippen LogP contribution < -0.4 is 0 Å². The van der Waals surface area contributed by atoms with E-state index in [1.165, 1.54) is 6.42 Å². The molecule has 6 heteroatoms. The fraction of sp³-hybridized carbons (Fsp3) is 0.625. The molecule has 0 aliphatic carbocycles. The molecule has 0 spiro atoms. The molecule has 1 unspecified atom stereocenters. The summed E-state index contributed by atoms with van der Waals surface area (Å²) < 4.78 is 13.7. The highest BCUT2D eigenvalue weighted by molar-refractivity contribution is 6.28. The van der Waals surface area contributed by atoms with E-state index in [0.29, 0.717) is 6.61 Å². The number of hydrogen-bond donors (Lipinski definition) is 0. The quantitative estimate of drug-likeness (QED) is 0.805. The Kier molecular flexibility index (Phi) is 4.39. The minimum atomic E-state index is -0.245. The van der Waals surface area contributed by atoms with Crippen LogP contribution in [0.2, 0.25) is 5.28 Å². The molecule has 3 heterocycles. The number of ether oxygens (including phenoxy) is 2. The van der Waals surface area contributed by atoms with Gasteiger partial charge in [0.2, 0.25) is 5.28 Å². The van der Waals surface area contributed by atoms with Gasteiger partial charge in [-0.05, 0) is 57.2 Å². The lowest BCUT2D eigenvalue weighted by Gasteiger charge is -2.31. The Morgan fingerprint density at radius 3 is 3.00 bits per heavy atom. The normalized spacial score (nSPS) is 19.7. The zero-order valence-corrected chi connectivity index (χ0v) is 14.1. The molecule has 0 N–H and O–H groups in total. The summed E-state index contributed by atoms with van der Waals surface area (Å²) >= 11 is 5.96. The monoisotopic (exact) mass is 323 g/mol. The van der Waals surface area contributed by atoms with Crippen molar-refractivity contribution in [1.29, 1.82) is 0 Å². The van der Waals surface area contributed by atoms with Crippen LogP contribution in [0.3, 0.4) is 0 Å². The molecule has 3 rings (SSSR count). The Labute approximate surface area is 135 Å². The van der Waals surface area contributed by atoms with E-state index in [2.05, 4.69) is 41.5 Å². The third kappa shape index (κ3) is 3.12. The fourth-order valence-corrected chi connectivity index (χ4v) is 2.94. The summed E-state index contributed by atoms with van der Waals surface area (Å²) in [5.41, 5.74) is 1.73. The molecule has 1 aliphatic rings. The lowest BCUT2D eigenvalue weighted by atomic mass is 10.1. The highest BCUT2D eigenvalue weighted by Crippen LogP contribution is 2.27. The number of nitrogens with zero attached hydrogens (tertiary/aromatic N) is 3. The number of rotatable bonds is 4. The average molecular weight is 324 g/mol. The smallest absolute Gasteiger partial charge is 0.224 e. The lowest BCUT2D eigenvalue weighted by Crippen LogP contribution is -2.35. The predicted molar refractivity (Wildman–Crippen MR) is 86.1 cm³/mol. The van der Waals surface area contributed by atoms with Gasteiger partial charge in [0.25, 0.3) is 0 Å². The predicted octanol–water partition coefficient (Wildman–Crippen LogP) is 3.67. The van der Waals surface area contributed by atoms with Crippen LogP contribution in [0.4, 0.5) is 0 Å². The van der Waals surface area contributed by atoms with Crippen molar-refractivity contribution in [2.75, 3.05) is 13.2 Å². The highest BCUT2D eigenvalue weighted by atomic mass is 35.5. The highest BCUT2D eigenvalue weighted by Gasteiger charge is 2.26. The molecular weight excluding hydrogens is 302 g/mol. The molecule has 0 aromatic carbocycles. The minimum absolute atomic E-state index is 0.0887. The Morgan fingerprint density at radius 2 is 2.27 bits per heavy atom. The van der Waals surface area contributed by atoms with Crippen LogP contribution in [0.5, 0.6) is 0 Å². The van der Waals surface area contributed by atoms with Gasteiger partial charge in [-0.15, -0.1) is 0 Å². The number of aromatic nitrogens is 3. The molecule has 120 valence electrons. The summed E-state index contributed by atoms with van der Waals surface area (Å²) in [5.74, 6) is 0. The van der Waals surface area contributed by atoms with Crippen LogP contribution in [-0.4, -0.2) is 34.0 Å². The van der Waals surface area contributed by atoms with Crippen molar-refractivity contribution in [2.45, 2.75) is 51.9 Å². The van der Waals surface area contributed by atoms with E-state index in [-0.39, 0.29) is 17.1 Å². The molecule has 0 bridgehead atoms. The largest absolute Gasteiger partial charge is 0.353 e. The van der Waals surface area contributed by atoms with Crippen molar-refractivity contribution in [3.63, 3.8) is 0 Å². The topological polar surface area (TPSA) is 49.2 Å². The Bertz CT molecular complexity index is 663. The van der Waals surface area contributed by atoms with E-state index in [9.17, 15) is 0 Å². The number of hydrogen-bond acceptors (Lipinski definition) is 4. The average Bonchev–Trinajstić information content (AvgIpc) is 2.84. The van der Waals surface area contributed by atoms with Gasteiger partial charge in [-0.2, -0.15) is 4.98 Å². The van der Waals surface area contributed by atoms with Gasteiger partial charge in [0.05, 0.1) is 12.1 Å². The molecule has 0 radical (unpaired) electrons. The Balaban J connectivity index is 1.83. The molecule has 2 aromatic heterocycles. The second-order valence-corrected chi connectivity index (χ2v) is 6.82. The molecular formula is C16H22ClN3O2. The van der Waals surface area contributed by atoms with Gasteiger partial charge in [-0.25, -0.2) is 4.98 Å². The summed E-state index contributed by atoms with van der Waals surface area (Å²) in [7, 11) is 0. The Morgan fingerprint density at radius 1 is 1.45 bits per heavy atom. The molecule has 1 saturated heterocycles. The van der Waals surface area contributed by atoms with Gasteiger partial charge in [0, 0.05) is 24.4 Å². The third-order valence-corrected chi connectivity index (χ3v) is 4.31. The van der Waals surface area contributed by atoms with E-state index in [1.807, 2.05) is 0 Å². The van der Waals surface area contributed by atoms with Gasteiger partial charge in [-0.3, -0.25) is 0 Å². The third-order valence-electron chi connectivity index (χ3n) is 4.13. The summed E-state index contributed by atoms with van der Waals surface area (Å²) in [6.07, 6.45) is 7.03. The second-order valence-electron chi connectivity index (χ2n) is 6.48. The minimum Gasteiger partial charge on any atom is -0.353 e. The molecule has 5 nitrogen and oxygen atoms in total. The first-order chi connectivity index (χ1) is 10.5. The van der Waals surface area contributed by atoms with Crippen molar-refractivity contribution in [3.8, 4) is 0 Å². The Hall–Kier alpha value is -1.17. The van der Waals surface area contributed by atoms with Crippen LogP contribution in [0.25, 0.3) is 11.0 Å². The van der Waals surface area contributed by atoms with E-state index < -0.39 is 0 Å². The molecule has 1 aliphatic heterocycles. The number of halogens is 1. The molecule has 1 atom stereocenters. The van der Waals surface area contributed by atoms with Gasteiger partial charge in [-0.1, -0.05) is 0 Å². The fourth-order valence-electron chi connectivity index (χ4n) is 2.81. The van der Waals surface area contributed by atoms with Gasteiger partial charge in [0.1, 0.15) is 5.65 Å². The van der Waals surface area contributed by atoms with E-state index >= 15 is 0 Å². The van der Waals surface area contributed by atoms with Crippen molar-refractivity contribution in [3.05, 3.63) is 23.2 Å². The number of fused-ring (bicyclic) bond motifs is 1. The van der Waals surface area contributed by atoms with Crippen molar-refractivity contribution >= 4 is 22.6 Å². The maximum Gasteiger partial charge on any atom is 0.224 e. The zero-order valence-electron chi connectivity index (χ0n) is 13.3. The first-order valence-corrected chi connectivity index (χ1v) is 8.09. The summed E-state index contributed by atoms with van der Waals surface area (Å²) in [4.78, 5) is 8.46. The van der Waals surface area contributed by atoms with E-state index in [0.717, 1.165) is 36.0 Å². The standard InChI is InChI=1S/C16H22ClN3O2/c1-11-9-20(14-12(11)8-18-15(17)19-14)16(2,3)10-22-13-6-4-5-7-21-13/h8-9,13H,4-7,10H2,1-3H3.